The minimum Gasteiger partial charge on any atom is -0.468 e. The van der Waals surface area contributed by atoms with Crippen molar-refractivity contribution in [1.82, 2.24) is 0 Å². The van der Waals surface area contributed by atoms with E-state index in [1.807, 2.05) is 0 Å². The number of aryl methyl sites for hydroxylation is 1. The molecule has 27 heavy (non-hydrogen) atoms. The normalized spacial score (nSPS) is 37.4. The number of aliphatic hydroxyl groups is 1. The van der Waals surface area contributed by atoms with Gasteiger partial charge in [-0.05, 0) is 78.5 Å². The number of aliphatic hydroxyl groups excluding tert-OH is 1. The molecule has 4 rings (SSSR count). The van der Waals surface area contributed by atoms with Crippen LogP contribution in [0.2, 0.25) is 0 Å². The summed E-state index contributed by atoms with van der Waals surface area (Å²) in [4.78, 5) is 0. The first kappa shape index (κ1) is 19.2. The highest BCUT2D eigenvalue weighted by Gasteiger charge is 2.58. The molecule has 0 bridgehead atoms. The Kier molecular flexibility index (Phi) is 5.48. The van der Waals surface area contributed by atoms with Crippen LogP contribution in [-0.2, 0) is 20.6 Å². The summed E-state index contributed by atoms with van der Waals surface area (Å²) >= 11 is 0. The third kappa shape index (κ3) is 3.29. The van der Waals surface area contributed by atoms with Crippen molar-refractivity contribution in [3.8, 4) is 5.75 Å². The highest BCUT2D eigenvalue weighted by Crippen LogP contribution is 2.61. The Hall–Kier alpha value is -1.14. The largest absolute Gasteiger partial charge is 0.468 e. The van der Waals surface area contributed by atoms with Gasteiger partial charge in [0.25, 0.3) is 0 Å². The van der Waals surface area contributed by atoms with Gasteiger partial charge in [0.05, 0.1) is 12.2 Å². The first-order chi connectivity index (χ1) is 13.1. The first-order valence-corrected chi connectivity index (χ1v) is 10.1. The summed E-state index contributed by atoms with van der Waals surface area (Å²) in [5, 5.41) is 10.7. The number of fused-ring (bicyclic) bond motifs is 5. The van der Waals surface area contributed by atoms with Crippen molar-refractivity contribution in [2.24, 2.45) is 17.3 Å². The van der Waals surface area contributed by atoms with E-state index in [0.717, 1.165) is 31.4 Å². The van der Waals surface area contributed by atoms with E-state index in [0.29, 0.717) is 17.8 Å². The van der Waals surface area contributed by atoms with Crippen molar-refractivity contribution in [1.29, 1.82) is 0 Å². The maximum absolute atomic E-state index is 10.7. The molecule has 2 fully saturated rings. The van der Waals surface area contributed by atoms with Crippen molar-refractivity contribution in [2.75, 3.05) is 27.8 Å². The first-order valence-electron chi connectivity index (χ1n) is 10.1. The summed E-state index contributed by atoms with van der Waals surface area (Å²) in [6.45, 7) is 2.86. The number of hydrogen-bond donors (Lipinski definition) is 1. The van der Waals surface area contributed by atoms with Crippen LogP contribution in [0.1, 0.15) is 49.7 Å². The van der Waals surface area contributed by atoms with Crippen molar-refractivity contribution >= 4 is 0 Å². The Morgan fingerprint density at radius 1 is 1.15 bits per heavy atom. The third-order valence-electron chi connectivity index (χ3n) is 7.34. The van der Waals surface area contributed by atoms with Gasteiger partial charge in [-0.2, -0.15) is 0 Å². The van der Waals surface area contributed by atoms with E-state index < -0.39 is 0 Å². The Morgan fingerprint density at radius 2 is 1.96 bits per heavy atom. The van der Waals surface area contributed by atoms with Crippen LogP contribution in [-0.4, -0.2) is 45.1 Å². The van der Waals surface area contributed by atoms with E-state index >= 15 is 0 Å². The van der Waals surface area contributed by atoms with E-state index in [-0.39, 0.29) is 31.2 Å². The lowest BCUT2D eigenvalue weighted by molar-refractivity contribution is -0.148. The predicted molar refractivity (Wildman–Crippen MR) is 102 cm³/mol. The molecule has 0 amide bonds. The number of ether oxygens (including phenoxy) is 4. The minimum absolute atomic E-state index is 0.0398. The second-order valence-corrected chi connectivity index (χ2v) is 8.67. The van der Waals surface area contributed by atoms with Gasteiger partial charge in [-0.1, -0.05) is 13.0 Å². The average Bonchev–Trinajstić information content (AvgIpc) is 2.94. The van der Waals surface area contributed by atoms with Crippen molar-refractivity contribution in [2.45, 2.75) is 57.2 Å². The summed E-state index contributed by atoms with van der Waals surface area (Å²) in [6, 6.07) is 6.51. The molecule has 0 unspecified atom stereocenters. The molecule has 3 aliphatic rings. The van der Waals surface area contributed by atoms with E-state index in [1.54, 1.807) is 14.2 Å². The van der Waals surface area contributed by atoms with Gasteiger partial charge in [-0.15, -0.1) is 0 Å². The summed E-state index contributed by atoms with van der Waals surface area (Å²) in [7, 11) is 3.28. The molecule has 1 N–H and O–H groups in total. The Morgan fingerprint density at radius 3 is 2.74 bits per heavy atom. The number of benzene rings is 1. The molecule has 0 aromatic heterocycles. The molecule has 6 atom stereocenters. The van der Waals surface area contributed by atoms with E-state index in [4.69, 9.17) is 18.9 Å². The van der Waals surface area contributed by atoms with Crippen molar-refractivity contribution in [3.05, 3.63) is 29.3 Å². The molecule has 0 aliphatic heterocycles. The molecular formula is C22H32O5. The summed E-state index contributed by atoms with van der Waals surface area (Å²) in [5.41, 5.74) is 2.94. The van der Waals surface area contributed by atoms with Crippen LogP contribution in [0.5, 0.6) is 5.75 Å². The highest BCUT2D eigenvalue weighted by molar-refractivity contribution is 5.40. The van der Waals surface area contributed by atoms with Gasteiger partial charge in [-0.25, -0.2) is 0 Å². The fourth-order valence-corrected chi connectivity index (χ4v) is 6.19. The number of methoxy groups -OCH3 is 2. The summed E-state index contributed by atoms with van der Waals surface area (Å²) < 4.78 is 21.7. The lowest BCUT2D eigenvalue weighted by Crippen LogP contribution is -2.46. The zero-order valence-corrected chi connectivity index (χ0v) is 16.6. The van der Waals surface area contributed by atoms with Crippen LogP contribution >= 0.6 is 0 Å². The second kappa shape index (κ2) is 7.70. The number of rotatable bonds is 6. The fourth-order valence-electron chi connectivity index (χ4n) is 6.19. The van der Waals surface area contributed by atoms with Gasteiger partial charge in [0.2, 0.25) is 0 Å². The zero-order valence-electron chi connectivity index (χ0n) is 16.6. The minimum atomic E-state index is -0.389. The topological polar surface area (TPSA) is 57.2 Å². The summed E-state index contributed by atoms with van der Waals surface area (Å²) in [5.74, 6) is 2.59. The van der Waals surface area contributed by atoms with E-state index in [2.05, 4.69) is 25.1 Å². The van der Waals surface area contributed by atoms with Crippen LogP contribution in [0, 0.1) is 17.3 Å². The average molecular weight is 376 g/mol. The zero-order chi connectivity index (χ0) is 19.0. The van der Waals surface area contributed by atoms with Crippen LogP contribution in [0.3, 0.4) is 0 Å². The molecule has 0 radical (unpaired) electrons. The molecule has 2 saturated carbocycles. The molecular weight excluding hydrogens is 344 g/mol. The van der Waals surface area contributed by atoms with Crippen LogP contribution in [0.15, 0.2) is 18.2 Å². The molecule has 0 saturated heterocycles. The lowest BCUT2D eigenvalue weighted by Gasteiger charge is -2.50. The second-order valence-electron chi connectivity index (χ2n) is 8.67. The van der Waals surface area contributed by atoms with Gasteiger partial charge < -0.3 is 24.1 Å². The van der Waals surface area contributed by atoms with Crippen LogP contribution in [0.4, 0.5) is 0 Å². The van der Waals surface area contributed by atoms with Crippen molar-refractivity contribution < 1.29 is 24.1 Å². The van der Waals surface area contributed by atoms with Crippen LogP contribution in [0.25, 0.3) is 0 Å². The highest BCUT2D eigenvalue weighted by atomic mass is 16.7. The summed E-state index contributed by atoms with van der Waals surface area (Å²) in [6.07, 6.45) is 4.84. The third-order valence-corrected chi connectivity index (χ3v) is 7.34. The van der Waals surface area contributed by atoms with Gasteiger partial charge in [0, 0.05) is 14.2 Å². The number of hydrogen-bond acceptors (Lipinski definition) is 5. The molecule has 5 heteroatoms. The van der Waals surface area contributed by atoms with Gasteiger partial charge in [0.1, 0.15) is 12.5 Å². The standard InChI is InChI=1S/C22H32O5/c1-22-9-8-17-16-7-5-15(26-12-24-2)10-14(16)4-6-18(17)19(22)11-20(23)21(22)27-13-25-3/h5,7,10,17-21,23H,4,6,8-9,11-13H2,1-3H3/t17-,18-,19+,20+,21+,22+/m1/s1. The van der Waals surface area contributed by atoms with Gasteiger partial charge in [0.15, 0.2) is 6.79 Å². The molecule has 3 aliphatic carbocycles. The van der Waals surface area contributed by atoms with E-state index in [9.17, 15) is 5.11 Å². The van der Waals surface area contributed by atoms with Crippen LogP contribution < -0.4 is 4.74 Å². The fraction of sp³-hybridized carbons (Fsp3) is 0.727. The smallest absolute Gasteiger partial charge is 0.188 e. The monoisotopic (exact) mass is 376 g/mol. The Labute approximate surface area is 162 Å². The Bertz CT molecular complexity index is 662. The molecule has 1 aromatic carbocycles. The van der Waals surface area contributed by atoms with Gasteiger partial charge in [-0.3, -0.25) is 0 Å². The molecule has 1 aromatic rings. The molecule has 0 heterocycles. The maximum Gasteiger partial charge on any atom is 0.188 e. The van der Waals surface area contributed by atoms with Crippen molar-refractivity contribution in [3.63, 3.8) is 0 Å². The lowest BCUT2D eigenvalue weighted by atomic mass is 9.55. The SMILES string of the molecule is COCOc1ccc2c(c1)CC[C@@H]1[C@@H]2CC[C@@]2(C)[C@H]1C[C@H](O)[C@@H]2OCOC. The molecule has 0 spiro atoms. The van der Waals surface area contributed by atoms with E-state index in [1.165, 1.54) is 17.5 Å². The quantitative estimate of drug-likeness (QED) is 0.771. The predicted octanol–water partition coefficient (Wildman–Crippen LogP) is 3.49. The Balaban J connectivity index is 1.55. The molecule has 150 valence electrons. The maximum atomic E-state index is 10.7. The van der Waals surface area contributed by atoms with Gasteiger partial charge >= 0.3 is 0 Å². The molecule has 5 nitrogen and oxygen atoms in total.